The number of rotatable bonds is 0. The number of nitriles is 1. The number of hydrogen-bond acceptors (Lipinski definition) is 1. The Kier molecular flexibility index (Phi) is 4.01. The van der Waals surface area contributed by atoms with E-state index in [-0.39, 0.29) is 0 Å². The Morgan fingerprint density at radius 1 is 1.00 bits per heavy atom. The van der Waals surface area contributed by atoms with E-state index in [0.717, 1.165) is 33.1 Å². The summed E-state index contributed by atoms with van der Waals surface area (Å²) in [6.07, 6.45) is 3.76. The molecule has 0 N–H and O–H groups in total. The van der Waals surface area contributed by atoms with Crippen LogP contribution < -0.4 is 10.4 Å². The molecule has 0 aliphatic heterocycles. The van der Waals surface area contributed by atoms with Crippen LogP contribution in [0.3, 0.4) is 0 Å². The first-order valence-electron chi connectivity index (χ1n) is 6.76. The summed E-state index contributed by atoms with van der Waals surface area (Å²) >= 11 is 0. The minimum Gasteiger partial charge on any atom is -0.763 e. The predicted molar refractivity (Wildman–Crippen MR) is 85.9 cm³/mol. The van der Waals surface area contributed by atoms with Crippen LogP contribution in [0.5, 0.6) is 0 Å². The highest BCUT2D eigenvalue weighted by Gasteiger charge is 2.22. The molecule has 0 heterocycles. The van der Waals surface area contributed by atoms with Gasteiger partial charge in [0.15, 0.2) is 12.0 Å². The van der Waals surface area contributed by atoms with Gasteiger partial charge in [-0.15, -0.1) is 0 Å². The van der Waals surface area contributed by atoms with Crippen molar-refractivity contribution in [1.29, 1.82) is 5.26 Å². The minimum absolute atomic E-state index is 0.670. The Balaban J connectivity index is 2.83. The van der Waals surface area contributed by atoms with Gasteiger partial charge in [-0.05, 0) is 42.3 Å². The van der Waals surface area contributed by atoms with Gasteiger partial charge in [0.05, 0.1) is 23.3 Å². The lowest BCUT2D eigenvalue weighted by Crippen LogP contribution is -2.17. The molecule has 0 unspecified atom stereocenters. The molecule has 102 valence electrons. The van der Waals surface area contributed by atoms with Crippen molar-refractivity contribution in [3.63, 3.8) is 0 Å². The van der Waals surface area contributed by atoms with Crippen LogP contribution in [0.2, 0.25) is 0 Å². The molecule has 2 nitrogen and oxygen atoms in total. The highest BCUT2D eigenvalue weighted by molar-refractivity contribution is 5.63. The molecular weight excluding hydrogens is 256 g/mol. The number of allylic oxidation sites excluding steroid dienone is 5. The van der Waals surface area contributed by atoms with Crippen LogP contribution in [0.15, 0.2) is 41.0 Å². The van der Waals surface area contributed by atoms with Crippen molar-refractivity contribution in [3.05, 3.63) is 73.9 Å². The maximum atomic E-state index is 9.01. The maximum Gasteiger partial charge on any atom is 0.169 e. The normalized spacial score (nSPS) is 13.9. The lowest BCUT2D eigenvalue weighted by atomic mass is 9.89. The van der Waals surface area contributed by atoms with Crippen LogP contribution >= 0.6 is 0 Å². The van der Waals surface area contributed by atoms with Gasteiger partial charge in [0, 0.05) is 19.1 Å². The molecule has 0 bridgehead atoms. The molecule has 21 heavy (non-hydrogen) atoms. The largest absolute Gasteiger partial charge is 0.763 e. The summed E-state index contributed by atoms with van der Waals surface area (Å²) in [6, 6.07) is 5.93. The van der Waals surface area contributed by atoms with Gasteiger partial charge in [0.1, 0.15) is 5.57 Å². The topological polar surface area (TPSA) is 46.1 Å². The summed E-state index contributed by atoms with van der Waals surface area (Å²) in [4.78, 5) is 0. The first-order valence-corrected chi connectivity index (χ1v) is 6.76. The molecule has 1 aliphatic rings. The molecule has 0 spiro atoms. The Morgan fingerprint density at radius 3 is 1.95 bits per heavy atom. The lowest BCUT2D eigenvalue weighted by Gasteiger charge is -2.05. The Morgan fingerprint density at radius 2 is 1.52 bits per heavy atom. The zero-order chi connectivity index (χ0) is 15.6. The molecule has 1 aliphatic carbocycles. The predicted octanol–water partition coefficient (Wildman–Crippen LogP) is 2.52. The average Bonchev–Trinajstić information content (AvgIpc) is 2.44. The van der Waals surface area contributed by atoms with E-state index >= 15 is 0 Å². The second-order valence-corrected chi connectivity index (χ2v) is 5.32. The fourth-order valence-corrected chi connectivity index (χ4v) is 2.58. The van der Waals surface area contributed by atoms with Crippen molar-refractivity contribution in [2.45, 2.75) is 27.7 Å². The SMILES string of the molecule is CC1=C[C+](C#N)C=C(C)C1=C=c1c(C)cc(=C=[N-])cc1C. The first kappa shape index (κ1) is 14.7. The van der Waals surface area contributed by atoms with Crippen LogP contribution in [0.4, 0.5) is 0 Å². The number of nitrogens with zero attached hydrogens (tertiary/aromatic N) is 2. The molecule has 1 aromatic rings. The van der Waals surface area contributed by atoms with E-state index in [0.29, 0.717) is 11.1 Å². The lowest BCUT2D eigenvalue weighted by molar-refractivity contribution is 1.23. The quantitative estimate of drug-likeness (QED) is 0.529. The van der Waals surface area contributed by atoms with Crippen molar-refractivity contribution < 1.29 is 0 Å². The van der Waals surface area contributed by atoms with Crippen LogP contribution in [-0.2, 0) is 0 Å². The van der Waals surface area contributed by atoms with E-state index in [1.54, 1.807) is 0 Å². The summed E-state index contributed by atoms with van der Waals surface area (Å²) in [5.74, 6) is 2.84. The number of benzene rings is 1. The molecule has 0 atom stereocenters. The molecule has 1 aromatic carbocycles. The molecular formula is C19H16N2. The van der Waals surface area contributed by atoms with Gasteiger partial charge in [0.2, 0.25) is 0 Å². The number of aryl methyl sites for hydroxylation is 2. The fraction of sp³-hybridized carbons (Fsp3) is 0.211. The Bertz CT molecular complexity index is 827. The third kappa shape index (κ3) is 2.91. The molecule has 0 radical (unpaired) electrons. The second-order valence-electron chi connectivity index (χ2n) is 5.32. The van der Waals surface area contributed by atoms with Gasteiger partial charge in [0.25, 0.3) is 0 Å². The monoisotopic (exact) mass is 272 g/mol. The van der Waals surface area contributed by atoms with Crippen LogP contribution in [0.1, 0.15) is 25.0 Å². The van der Waals surface area contributed by atoms with Crippen LogP contribution in [-0.4, -0.2) is 5.87 Å². The van der Waals surface area contributed by atoms with Gasteiger partial charge in [-0.2, -0.15) is 5.26 Å². The van der Waals surface area contributed by atoms with Crippen LogP contribution in [0, 0.1) is 31.1 Å². The van der Waals surface area contributed by atoms with Gasteiger partial charge in [-0.1, -0.05) is 5.73 Å². The molecule has 0 saturated carbocycles. The summed E-state index contributed by atoms with van der Waals surface area (Å²) in [6.45, 7) is 7.96. The van der Waals surface area contributed by atoms with Crippen molar-refractivity contribution in [3.8, 4) is 6.07 Å². The molecule has 2 rings (SSSR count). The third-order valence-corrected chi connectivity index (χ3v) is 3.57. The third-order valence-electron chi connectivity index (χ3n) is 3.57. The molecule has 0 amide bonds. The summed E-state index contributed by atoms with van der Waals surface area (Å²) < 4.78 is 0. The van der Waals surface area contributed by atoms with Crippen molar-refractivity contribution in [2.24, 2.45) is 0 Å². The van der Waals surface area contributed by atoms with Gasteiger partial charge in [-0.3, -0.25) is 5.87 Å². The van der Waals surface area contributed by atoms with E-state index in [2.05, 4.69) is 17.7 Å². The van der Waals surface area contributed by atoms with E-state index < -0.39 is 0 Å². The van der Waals surface area contributed by atoms with Crippen molar-refractivity contribution in [1.82, 2.24) is 0 Å². The Hall–Kier alpha value is -2.71. The first-order chi connectivity index (χ1) is 9.96. The molecule has 0 saturated heterocycles. The minimum atomic E-state index is 0.670. The standard InChI is InChI=1S/C19H16N2/c1-12-5-16(10-20)6-13(2)18(12)9-19-14(3)7-17(11-21)8-15(19)4/h5-8H,1-4H3. The molecule has 0 aromatic heterocycles. The van der Waals surface area contributed by atoms with E-state index in [1.165, 1.54) is 0 Å². The summed E-state index contributed by atoms with van der Waals surface area (Å²) in [5, 5.41) is 19.7. The highest BCUT2D eigenvalue weighted by Crippen LogP contribution is 2.27. The van der Waals surface area contributed by atoms with Crippen molar-refractivity contribution in [2.75, 3.05) is 0 Å². The number of hydrogen-bond donors (Lipinski definition) is 0. The van der Waals surface area contributed by atoms with Gasteiger partial charge < -0.3 is 5.41 Å². The zero-order valence-electron chi connectivity index (χ0n) is 12.7. The van der Waals surface area contributed by atoms with E-state index in [1.807, 2.05) is 52.0 Å². The highest BCUT2D eigenvalue weighted by atomic mass is 14.3. The summed E-state index contributed by atoms with van der Waals surface area (Å²) in [5.41, 5.74) is 8.63. The van der Waals surface area contributed by atoms with E-state index in [9.17, 15) is 0 Å². The molecule has 0 fully saturated rings. The van der Waals surface area contributed by atoms with E-state index in [4.69, 9.17) is 10.7 Å². The Labute approximate surface area is 125 Å². The summed E-state index contributed by atoms with van der Waals surface area (Å²) in [7, 11) is 0. The maximum absolute atomic E-state index is 9.01. The zero-order valence-corrected chi connectivity index (χ0v) is 12.7. The van der Waals surface area contributed by atoms with Crippen LogP contribution in [0.25, 0.3) is 11.1 Å². The van der Waals surface area contributed by atoms with Crippen molar-refractivity contribution >= 4 is 11.6 Å². The second kappa shape index (κ2) is 5.73. The average molecular weight is 272 g/mol. The molecule has 2 heteroatoms. The smallest absolute Gasteiger partial charge is 0.169 e. The van der Waals surface area contributed by atoms with Gasteiger partial charge in [-0.25, -0.2) is 0 Å². The van der Waals surface area contributed by atoms with Gasteiger partial charge >= 0.3 is 0 Å². The fourth-order valence-electron chi connectivity index (χ4n) is 2.58.